The Morgan fingerprint density at radius 2 is 1.63 bits per heavy atom. The SMILES string of the molecule is COc1ccc(C2N=C(CCc3ccc(N)cc3)NCc3ccccc32)cc1.Cl.Cl. The molecule has 0 amide bonds. The number of hydrogen-bond acceptors (Lipinski definition) is 4. The first-order valence-electron chi connectivity index (χ1n) is 9.59. The molecule has 3 N–H and O–H groups in total. The number of amidine groups is 1. The molecule has 1 aliphatic heterocycles. The molecular weight excluding hydrogens is 417 g/mol. The lowest BCUT2D eigenvalue weighted by atomic mass is 9.95. The molecule has 1 atom stereocenters. The highest BCUT2D eigenvalue weighted by atomic mass is 35.5. The number of anilines is 1. The van der Waals surface area contributed by atoms with Crippen LogP contribution in [-0.4, -0.2) is 12.9 Å². The van der Waals surface area contributed by atoms with E-state index in [1.807, 2.05) is 24.3 Å². The normalized spacial score (nSPS) is 14.7. The molecule has 30 heavy (non-hydrogen) atoms. The van der Waals surface area contributed by atoms with Crippen LogP contribution < -0.4 is 15.8 Å². The number of nitrogens with zero attached hydrogens (tertiary/aromatic N) is 1. The number of methoxy groups -OCH3 is 1. The summed E-state index contributed by atoms with van der Waals surface area (Å²) in [5.74, 6) is 1.89. The summed E-state index contributed by atoms with van der Waals surface area (Å²) in [6.07, 6.45) is 1.79. The van der Waals surface area contributed by atoms with Crippen LogP contribution in [0.4, 0.5) is 5.69 Å². The third-order valence-corrected chi connectivity index (χ3v) is 5.18. The number of rotatable bonds is 5. The number of nitrogen functional groups attached to an aromatic ring is 1. The number of halogens is 2. The average Bonchev–Trinajstić information content (AvgIpc) is 2.93. The van der Waals surface area contributed by atoms with Gasteiger partial charge in [0.1, 0.15) is 11.8 Å². The number of aliphatic imine (C=N–C) groups is 1. The van der Waals surface area contributed by atoms with E-state index in [0.717, 1.165) is 36.7 Å². The highest BCUT2D eigenvalue weighted by molar-refractivity contribution is 5.85. The van der Waals surface area contributed by atoms with Crippen molar-refractivity contribution in [3.8, 4) is 5.75 Å². The molecule has 0 bridgehead atoms. The molecule has 1 unspecified atom stereocenters. The number of nitrogens with two attached hydrogens (primary N) is 1. The average molecular weight is 444 g/mol. The zero-order valence-electron chi connectivity index (χ0n) is 16.9. The molecule has 4 nitrogen and oxygen atoms in total. The van der Waals surface area contributed by atoms with Crippen LogP contribution in [0.25, 0.3) is 0 Å². The minimum atomic E-state index is -0.0153. The van der Waals surface area contributed by atoms with E-state index in [2.05, 4.69) is 53.8 Å². The maximum atomic E-state index is 5.79. The molecular formula is C24H27Cl2N3O. The summed E-state index contributed by atoms with van der Waals surface area (Å²) in [5, 5.41) is 3.54. The molecule has 6 heteroatoms. The highest BCUT2D eigenvalue weighted by Gasteiger charge is 2.20. The maximum Gasteiger partial charge on any atom is 0.118 e. The lowest BCUT2D eigenvalue weighted by molar-refractivity contribution is 0.414. The monoisotopic (exact) mass is 443 g/mol. The summed E-state index contributed by atoms with van der Waals surface area (Å²) < 4.78 is 5.31. The van der Waals surface area contributed by atoms with Crippen molar-refractivity contribution in [3.63, 3.8) is 0 Å². The van der Waals surface area contributed by atoms with Crippen molar-refractivity contribution in [2.24, 2.45) is 4.99 Å². The van der Waals surface area contributed by atoms with Gasteiger partial charge in [-0.3, -0.25) is 4.99 Å². The van der Waals surface area contributed by atoms with Gasteiger partial charge in [0.25, 0.3) is 0 Å². The van der Waals surface area contributed by atoms with E-state index in [-0.39, 0.29) is 30.9 Å². The second-order valence-corrected chi connectivity index (χ2v) is 7.05. The van der Waals surface area contributed by atoms with E-state index in [9.17, 15) is 0 Å². The Morgan fingerprint density at radius 1 is 0.933 bits per heavy atom. The third-order valence-electron chi connectivity index (χ3n) is 5.18. The van der Waals surface area contributed by atoms with E-state index in [4.69, 9.17) is 15.5 Å². The molecule has 1 heterocycles. The highest BCUT2D eigenvalue weighted by Crippen LogP contribution is 2.32. The van der Waals surface area contributed by atoms with Gasteiger partial charge in [-0.05, 0) is 52.9 Å². The Kier molecular flexibility index (Phi) is 8.58. The third kappa shape index (κ3) is 5.47. The molecule has 158 valence electrons. The van der Waals surface area contributed by atoms with Crippen molar-refractivity contribution >= 4 is 36.3 Å². The first-order valence-corrected chi connectivity index (χ1v) is 9.59. The molecule has 0 radical (unpaired) electrons. The van der Waals surface area contributed by atoms with Crippen LogP contribution in [0.2, 0.25) is 0 Å². The predicted molar refractivity (Wildman–Crippen MR) is 129 cm³/mol. The zero-order chi connectivity index (χ0) is 19.3. The Balaban J connectivity index is 0.00000160. The lowest BCUT2D eigenvalue weighted by Crippen LogP contribution is -2.22. The van der Waals surface area contributed by atoms with Crippen LogP contribution in [0, 0.1) is 0 Å². The summed E-state index contributed by atoms with van der Waals surface area (Å²) in [4.78, 5) is 5.12. The summed E-state index contributed by atoms with van der Waals surface area (Å²) in [5.41, 5.74) is 11.6. The molecule has 3 aromatic carbocycles. The van der Waals surface area contributed by atoms with Gasteiger partial charge in [0, 0.05) is 18.7 Å². The Morgan fingerprint density at radius 3 is 2.33 bits per heavy atom. The van der Waals surface area contributed by atoms with Gasteiger partial charge in [-0.25, -0.2) is 0 Å². The number of hydrogen-bond donors (Lipinski definition) is 2. The Hall–Kier alpha value is -2.69. The van der Waals surface area contributed by atoms with Crippen molar-refractivity contribution in [2.45, 2.75) is 25.4 Å². The second kappa shape index (κ2) is 10.9. The molecule has 0 spiro atoms. The fraction of sp³-hybridized carbons (Fsp3) is 0.208. The summed E-state index contributed by atoms with van der Waals surface area (Å²) in [6, 6.07) is 24.8. The second-order valence-electron chi connectivity index (χ2n) is 7.05. The Labute approximate surface area is 190 Å². The van der Waals surface area contributed by atoms with Crippen LogP contribution in [0.5, 0.6) is 5.75 Å². The van der Waals surface area contributed by atoms with Crippen molar-refractivity contribution in [2.75, 3.05) is 12.8 Å². The standard InChI is InChI=1S/C24H25N3O.2ClH/c1-28-21-13-9-18(10-14-21)24-22-5-3-2-4-19(22)16-26-23(27-24)15-8-17-6-11-20(25)12-7-17;;/h2-7,9-14,24H,8,15-16,25H2,1H3,(H,26,27);2*1H. The van der Waals surface area contributed by atoms with Gasteiger partial charge in [-0.15, -0.1) is 24.8 Å². The van der Waals surface area contributed by atoms with Crippen molar-refractivity contribution in [3.05, 3.63) is 95.1 Å². The van der Waals surface area contributed by atoms with Gasteiger partial charge >= 0.3 is 0 Å². The van der Waals surface area contributed by atoms with Crippen molar-refractivity contribution in [1.29, 1.82) is 0 Å². The summed E-state index contributed by atoms with van der Waals surface area (Å²) in [6.45, 7) is 0.795. The number of nitrogens with one attached hydrogen (secondary N) is 1. The number of fused-ring (bicyclic) bond motifs is 1. The van der Waals surface area contributed by atoms with Gasteiger partial charge < -0.3 is 15.8 Å². The summed E-state index contributed by atoms with van der Waals surface area (Å²) >= 11 is 0. The molecule has 4 rings (SSSR count). The molecule has 0 aromatic heterocycles. The maximum absolute atomic E-state index is 5.79. The van der Waals surface area contributed by atoms with Crippen molar-refractivity contribution in [1.82, 2.24) is 5.32 Å². The minimum Gasteiger partial charge on any atom is -0.497 e. The van der Waals surface area contributed by atoms with E-state index in [0.29, 0.717) is 0 Å². The Bertz CT molecular complexity index is 973. The summed E-state index contributed by atoms with van der Waals surface area (Å²) in [7, 11) is 1.69. The predicted octanol–water partition coefficient (Wildman–Crippen LogP) is 5.34. The first kappa shape index (κ1) is 23.6. The van der Waals surface area contributed by atoms with Crippen molar-refractivity contribution < 1.29 is 4.74 Å². The lowest BCUT2D eigenvalue weighted by Gasteiger charge is -2.16. The van der Waals surface area contributed by atoms with Gasteiger partial charge in [-0.2, -0.15) is 0 Å². The topological polar surface area (TPSA) is 59.6 Å². The van der Waals surface area contributed by atoms with Gasteiger partial charge in [-0.1, -0.05) is 48.5 Å². The quantitative estimate of drug-likeness (QED) is 0.522. The van der Waals surface area contributed by atoms with E-state index in [1.54, 1.807) is 7.11 Å². The van der Waals surface area contributed by atoms with Crippen LogP contribution in [0.1, 0.15) is 34.7 Å². The fourth-order valence-electron chi connectivity index (χ4n) is 3.57. The van der Waals surface area contributed by atoms with Gasteiger partial charge in [0.2, 0.25) is 0 Å². The largest absolute Gasteiger partial charge is 0.497 e. The van der Waals surface area contributed by atoms with Crippen LogP contribution >= 0.6 is 24.8 Å². The molecule has 0 fully saturated rings. The fourth-order valence-corrected chi connectivity index (χ4v) is 3.57. The van der Waals surface area contributed by atoms with Crippen LogP contribution in [-0.2, 0) is 13.0 Å². The zero-order valence-corrected chi connectivity index (χ0v) is 18.5. The van der Waals surface area contributed by atoms with E-state index in [1.165, 1.54) is 22.3 Å². The first-order chi connectivity index (χ1) is 13.7. The minimum absolute atomic E-state index is 0. The number of ether oxygens (including phenoxy) is 1. The molecule has 0 aliphatic carbocycles. The van der Waals surface area contributed by atoms with Crippen LogP contribution in [0.3, 0.4) is 0 Å². The van der Waals surface area contributed by atoms with Gasteiger partial charge in [0.05, 0.1) is 12.9 Å². The molecule has 0 saturated heterocycles. The number of benzene rings is 3. The van der Waals surface area contributed by atoms with E-state index < -0.39 is 0 Å². The molecule has 3 aromatic rings. The van der Waals surface area contributed by atoms with Crippen LogP contribution in [0.15, 0.2) is 77.8 Å². The smallest absolute Gasteiger partial charge is 0.118 e. The van der Waals surface area contributed by atoms with E-state index >= 15 is 0 Å². The van der Waals surface area contributed by atoms with Gasteiger partial charge in [0.15, 0.2) is 0 Å². The molecule has 1 aliphatic rings. The number of aryl methyl sites for hydroxylation is 1. The molecule has 0 saturated carbocycles.